The van der Waals surface area contributed by atoms with E-state index in [0.717, 1.165) is 27.1 Å². The average Bonchev–Trinajstić information content (AvgIpc) is 3.09. The zero-order valence-electron chi connectivity index (χ0n) is 16.5. The van der Waals surface area contributed by atoms with Gasteiger partial charge in [-0.25, -0.2) is 17.7 Å². The van der Waals surface area contributed by atoms with E-state index in [1.807, 2.05) is 49.4 Å². The summed E-state index contributed by atoms with van der Waals surface area (Å²) in [5, 5.41) is 0.620. The monoisotopic (exact) mass is 432 g/mol. The van der Waals surface area contributed by atoms with E-state index >= 15 is 0 Å². The van der Waals surface area contributed by atoms with Gasteiger partial charge in [0.25, 0.3) is 5.19 Å². The molecule has 1 aromatic heterocycles. The van der Waals surface area contributed by atoms with Crippen LogP contribution >= 0.6 is 11.3 Å². The minimum Gasteiger partial charge on any atom is -0.497 e. The van der Waals surface area contributed by atoms with Crippen LogP contribution in [0, 0.1) is 6.92 Å². The highest BCUT2D eigenvalue weighted by molar-refractivity contribution is 7.88. The van der Waals surface area contributed by atoms with Crippen LogP contribution in [0.15, 0.2) is 42.5 Å². The maximum Gasteiger partial charge on any atom is 0.274 e. The molecular weight excluding hydrogens is 408 g/mol. The van der Waals surface area contributed by atoms with Crippen LogP contribution in [0.5, 0.6) is 10.9 Å². The summed E-state index contributed by atoms with van der Waals surface area (Å²) in [4.78, 5) is 4.52. The summed E-state index contributed by atoms with van der Waals surface area (Å²) in [7, 11) is -1.69. The van der Waals surface area contributed by atoms with E-state index < -0.39 is 10.0 Å². The molecule has 1 fully saturated rings. The Labute approximate surface area is 175 Å². The number of piperidine rings is 1. The molecule has 29 heavy (non-hydrogen) atoms. The molecule has 1 aliphatic heterocycles. The van der Waals surface area contributed by atoms with Gasteiger partial charge in [0.15, 0.2) is 0 Å². The van der Waals surface area contributed by atoms with Gasteiger partial charge in [0.1, 0.15) is 11.9 Å². The molecule has 2 heterocycles. The van der Waals surface area contributed by atoms with Gasteiger partial charge in [-0.1, -0.05) is 41.2 Å². The number of benzene rings is 2. The summed E-state index contributed by atoms with van der Waals surface area (Å²) in [6.45, 7) is 2.91. The largest absolute Gasteiger partial charge is 0.497 e. The van der Waals surface area contributed by atoms with E-state index in [1.165, 1.54) is 11.3 Å². The quantitative estimate of drug-likeness (QED) is 0.589. The molecule has 8 heteroatoms. The summed E-state index contributed by atoms with van der Waals surface area (Å²) in [5.41, 5.74) is 2.77. The van der Waals surface area contributed by atoms with Crippen LogP contribution in [-0.2, 0) is 15.8 Å². The number of hydrogen-bond donors (Lipinski definition) is 0. The van der Waals surface area contributed by atoms with Gasteiger partial charge in [-0.05, 0) is 43.5 Å². The summed E-state index contributed by atoms with van der Waals surface area (Å²) in [5.74, 6) is 0.833. The van der Waals surface area contributed by atoms with Gasteiger partial charge in [-0.2, -0.15) is 0 Å². The second kappa shape index (κ2) is 8.30. The zero-order valence-corrected chi connectivity index (χ0v) is 18.1. The van der Waals surface area contributed by atoms with Crippen molar-refractivity contribution in [2.45, 2.75) is 31.6 Å². The standard InChI is InChI=1S/C21H24N2O4S2/c1-15-4-3-5-16(12-15)14-29(24,25)23-10-8-17(9-11-23)27-21-22-19-7-6-18(26-2)13-20(19)28-21/h3-7,12-13,17H,8-11,14H2,1-2H3. The molecule has 0 N–H and O–H groups in total. The van der Waals surface area contributed by atoms with Gasteiger partial charge in [-0.3, -0.25) is 0 Å². The molecule has 3 aromatic rings. The summed E-state index contributed by atoms with van der Waals surface area (Å²) < 4.78 is 39.4. The Kier molecular flexibility index (Phi) is 5.76. The smallest absolute Gasteiger partial charge is 0.274 e. The molecule has 0 unspecified atom stereocenters. The van der Waals surface area contributed by atoms with Crippen LogP contribution in [0.2, 0.25) is 0 Å². The predicted molar refractivity (Wildman–Crippen MR) is 115 cm³/mol. The molecular formula is C21H24N2O4S2. The first kappa shape index (κ1) is 20.1. The highest BCUT2D eigenvalue weighted by Crippen LogP contribution is 2.32. The predicted octanol–water partition coefficient (Wildman–Crippen LogP) is 3.99. The summed E-state index contributed by atoms with van der Waals surface area (Å²) in [6.07, 6.45) is 1.29. The van der Waals surface area contributed by atoms with Gasteiger partial charge in [0.05, 0.1) is 23.1 Å². The van der Waals surface area contributed by atoms with Crippen LogP contribution in [0.1, 0.15) is 24.0 Å². The Morgan fingerprint density at radius 3 is 2.69 bits per heavy atom. The molecule has 0 bridgehead atoms. The molecule has 1 aliphatic rings. The van der Waals surface area contributed by atoms with Crippen molar-refractivity contribution in [3.05, 3.63) is 53.6 Å². The van der Waals surface area contributed by atoms with E-state index in [4.69, 9.17) is 9.47 Å². The number of aryl methyl sites for hydroxylation is 1. The third-order valence-electron chi connectivity index (χ3n) is 5.07. The molecule has 0 saturated carbocycles. The minimum atomic E-state index is -3.33. The number of sulfonamides is 1. The lowest BCUT2D eigenvalue weighted by atomic mass is 10.1. The molecule has 6 nitrogen and oxygen atoms in total. The lowest BCUT2D eigenvalue weighted by Crippen LogP contribution is -2.42. The molecule has 1 saturated heterocycles. The van der Waals surface area contributed by atoms with E-state index in [-0.39, 0.29) is 11.9 Å². The van der Waals surface area contributed by atoms with Crippen molar-refractivity contribution >= 4 is 31.6 Å². The van der Waals surface area contributed by atoms with Gasteiger partial charge >= 0.3 is 0 Å². The maximum atomic E-state index is 12.8. The van der Waals surface area contributed by atoms with Crippen LogP contribution in [0.25, 0.3) is 10.2 Å². The lowest BCUT2D eigenvalue weighted by Gasteiger charge is -2.30. The third-order valence-corrected chi connectivity index (χ3v) is 7.83. The van der Waals surface area contributed by atoms with Crippen molar-refractivity contribution < 1.29 is 17.9 Å². The number of ether oxygens (including phenoxy) is 2. The molecule has 0 amide bonds. The van der Waals surface area contributed by atoms with Gasteiger partial charge in [-0.15, -0.1) is 0 Å². The zero-order chi connectivity index (χ0) is 20.4. The highest BCUT2D eigenvalue weighted by Gasteiger charge is 2.29. The van der Waals surface area contributed by atoms with Crippen molar-refractivity contribution in [1.82, 2.24) is 9.29 Å². The fourth-order valence-corrected chi connectivity index (χ4v) is 6.00. The molecule has 154 valence electrons. The van der Waals surface area contributed by atoms with Gasteiger partial charge < -0.3 is 9.47 Å². The lowest BCUT2D eigenvalue weighted by molar-refractivity contribution is 0.135. The molecule has 0 atom stereocenters. The Morgan fingerprint density at radius 1 is 1.17 bits per heavy atom. The van der Waals surface area contributed by atoms with E-state index in [1.54, 1.807) is 11.4 Å². The fourth-order valence-electron chi connectivity index (χ4n) is 3.54. The van der Waals surface area contributed by atoms with Crippen LogP contribution in [-0.4, -0.2) is 44.0 Å². The van der Waals surface area contributed by atoms with Crippen molar-refractivity contribution in [2.24, 2.45) is 0 Å². The van der Waals surface area contributed by atoms with Gasteiger partial charge in [0.2, 0.25) is 10.0 Å². The van der Waals surface area contributed by atoms with Crippen LogP contribution in [0.3, 0.4) is 0 Å². The average molecular weight is 433 g/mol. The number of thiazole rings is 1. The topological polar surface area (TPSA) is 68.7 Å². The van der Waals surface area contributed by atoms with Crippen molar-refractivity contribution in [3.8, 4) is 10.9 Å². The second-order valence-electron chi connectivity index (χ2n) is 7.27. The minimum absolute atomic E-state index is 0.0251. The third kappa shape index (κ3) is 4.71. The van der Waals surface area contributed by atoms with Crippen LogP contribution < -0.4 is 9.47 Å². The molecule has 0 aliphatic carbocycles. The number of rotatable bonds is 6. The molecule has 2 aromatic carbocycles. The maximum absolute atomic E-state index is 12.8. The summed E-state index contributed by atoms with van der Waals surface area (Å²) >= 11 is 1.48. The SMILES string of the molecule is COc1ccc2nc(OC3CCN(S(=O)(=O)Cc4cccc(C)c4)CC3)sc2c1. The molecule has 4 rings (SSSR count). The van der Waals surface area contributed by atoms with Crippen molar-refractivity contribution in [3.63, 3.8) is 0 Å². The van der Waals surface area contributed by atoms with Crippen LogP contribution in [0.4, 0.5) is 0 Å². The first-order chi connectivity index (χ1) is 13.9. The van der Waals surface area contributed by atoms with E-state index in [0.29, 0.717) is 31.1 Å². The second-order valence-corrected chi connectivity index (χ2v) is 10.2. The Balaban J connectivity index is 1.36. The first-order valence-corrected chi connectivity index (χ1v) is 12.0. The normalized spacial score (nSPS) is 16.2. The number of methoxy groups -OCH3 is 1. The Hall–Kier alpha value is -2.16. The number of hydrogen-bond acceptors (Lipinski definition) is 6. The summed E-state index contributed by atoms with van der Waals surface area (Å²) in [6, 6.07) is 13.4. The number of fused-ring (bicyclic) bond motifs is 1. The van der Waals surface area contributed by atoms with Gasteiger partial charge in [0, 0.05) is 13.1 Å². The number of aromatic nitrogens is 1. The Bertz CT molecular complexity index is 1100. The Morgan fingerprint density at radius 2 is 1.97 bits per heavy atom. The molecule has 0 spiro atoms. The van der Waals surface area contributed by atoms with Crippen molar-refractivity contribution in [1.29, 1.82) is 0 Å². The first-order valence-electron chi connectivity index (χ1n) is 9.57. The van der Waals surface area contributed by atoms with E-state index in [9.17, 15) is 8.42 Å². The fraction of sp³-hybridized carbons (Fsp3) is 0.381. The van der Waals surface area contributed by atoms with E-state index in [2.05, 4.69) is 4.98 Å². The highest BCUT2D eigenvalue weighted by atomic mass is 32.2. The molecule has 0 radical (unpaired) electrons. The number of nitrogens with zero attached hydrogens (tertiary/aromatic N) is 2. The van der Waals surface area contributed by atoms with Crippen molar-refractivity contribution in [2.75, 3.05) is 20.2 Å².